The minimum Gasteiger partial charge on any atom is -0.492 e. The molecular weight excluding hydrogens is 418 g/mol. The van der Waals surface area contributed by atoms with Crippen LogP contribution in [0, 0.1) is 12.8 Å². The summed E-state index contributed by atoms with van der Waals surface area (Å²) in [6.07, 6.45) is 0.267. The number of urea groups is 1. The molecule has 0 aliphatic carbocycles. The molecule has 7 nitrogen and oxygen atoms in total. The molecular formula is C23H26ClN3O4. The van der Waals surface area contributed by atoms with Crippen LogP contribution in [0.25, 0.3) is 0 Å². The summed E-state index contributed by atoms with van der Waals surface area (Å²) in [6.45, 7) is 6.52. The van der Waals surface area contributed by atoms with Gasteiger partial charge in [0.05, 0.1) is 17.3 Å². The van der Waals surface area contributed by atoms with E-state index in [-0.39, 0.29) is 24.7 Å². The van der Waals surface area contributed by atoms with Crippen molar-refractivity contribution < 1.29 is 19.1 Å². The summed E-state index contributed by atoms with van der Waals surface area (Å²) in [6, 6.07) is 11.0. The molecule has 31 heavy (non-hydrogen) atoms. The number of aryl methyl sites for hydroxylation is 1. The fourth-order valence-corrected chi connectivity index (χ4v) is 3.42. The van der Waals surface area contributed by atoms with Crippen molar-refractivity contribution in [2.24, 2.45) is 5.92 Å². The number of halogens is 1. The van der Waals surface area contributed by atoms with Crippen LogP contribution >= 0.6 is 11.6 Å². The van der Waals surface area contributed by atoms with Gasteiger partial charge in [0.15, 0.2) is 0 Å². The lowest BCUT2D eigenvalue weighted by molar-refractivity contribution is -0.119. The highest BCUT2D eigenvalue weighted by Crippen LogP contribution is 2.28. The molecule has 0 saturated carbocycles. The molecule has 2 aromatic rings. The van der Waals surface area contributed by atoms with Crippen LogP contribution in [0.2, 0.25) is 5.02 Å². The van der Waals surface area contributed by atoms with E-state index in [1.807, 2.05) is 26.8 Å². The topological polar surface area (TPSA) is 87.7 Å². The molecule has 0 spiro atoms. The van der Waals surface area contributed by atoms with Crippen LogP contribution in [-0.4, -0.2) is 30.5 Å². The van der Waals surface area contributed by atoms with Crippen LogP contribution in [0.3, 0.4) is 0 Å². The zero-order valence-corrected chi connectivity index (χ0v) is 18.5. The van der Waals surface area contributed by atoms with E-state index in [2.05, 4.69) is 10.6 Å². The molecule has 1 saturated heterocycles. The van der Waals surface area contributed by atoms with E-state index in [4.69, 9.17) is 16.3 Å². The predicted molar refractivity (Wildman–Crippen MR) is 121 cm³/mol. The summed E-state index contributed by atoms with van der Waals surface area (Å²) in [5, 5.41) is 5.82. The van der Waals surface area contributed by atoms with Gasteiger partial charge in [-0.15, -0.1) is 0 Å². The Morgan fingerprint density at radius 1 is 1.23 bits per heavy atom. The van der Waals surface area contributed by atoms with E-state index in [0.717, 1.165) is 10.5 Å². The summed E-state index contributed by atoms with van der Waals surface area (Å²) in [5.41, 5.74) is 2.00. The molecule has 1 atom stereocenters. The maximum absolute atomic E-state index is 12.7. The van der Waals surface area contributed by atoms with E-state index >= 15 is 0 Å². The van der Waals surface area contributed by atoms with Gasteiger partial charge in [-0.25, -0.2) is 9.69 Å². The Bertz CT molecular complexity index is 993. The third-order valence-corrected chi connectivity index (χ3v) is 5.02. The Morgan fingerprint density at radius 3 is 2.68 bits per heavy atom. The van der Waals surface area contributed by atoms with Gasteiger partial charge in [0.2, 0.25) is 5.91 Å². The summed E-state index contributed by atoms with van der Waals surface area (Å²) in [7, 11) is 0. The van der Waals surface area contributed by atoms with Crippen LogP contribution in [0.4, 0.5) is 16.2 Å². The van der Waals surface area contributed by atoms with Gasteiger partial charge in [0.1, 0.15) is 11.8 Å². The van der Waals surface area contributed by atoms with Crippen molar-refractivity contribution in [3.05, 3.63) is 53.1 Å². The third-order valence-electron chi connectivity index (χ3n) is 4.73. The van der Waals surface area contributed by atoms with E-state index < -0.39 is 12.1 Å². The van der Waals surface area contributed by atoms with Crippen LogP contribution < -0.4 is 20.3 Å². The Labute approximate surface area is 186 Å². The van der Waals surface area contributed by atoms with E-state index in [9.17, 15) is 14.4 Å². The fourth-order valence-electron chi connectivity index (χ4n) is 3.19. The lowest BCUT2D eigenvalue weighted by atomic mass is 10.1. The summed E-state index contributed by atoms with van der Waals surface area (Å²) < 4.78 is 5.62. The van der Waals surface area contributed by atoms with Crippen LogP contribution in [0.1, 0.15) is 32.3 Å². The van der Waals surface area contributed by atoms with Gasteiger partial charge < -0.3 is 15.4 Å². The molecule has 0 aromatic heterocycles. The summed E-state index contributed by atoms with van der Waals surface area (Å²) >= 11 is 6.22. The number of imide groups is 1. The van der Waals surface area contributed by atoms with Crippen molar-refractivity contribution in [2.75, 3.05) is 16.8 Å². The van der Waals surface area contributed by atoms with Gasteiger partial charge in [-0.3, -0.25) is 9.59 Å². The molecule has 1 aliphatic heterocycles. The lowest BCUT2D eigenvalue weighted by Gasteiger charge is -2.14. The first-order chi connectivity index (χ1) is 14.7. The molecule has 0 radical (unpaired) electrons. The number of rotatable bonds is 8. The summed E-state index contributed by atoms with van der Waals surface area (Å²) in [5.74, 6) is 0.293. The van der Waals surface area contributed by atoms with Crippen LogP contribution in [-0.2, 0) is 9.59 Å². The Kier molecular flexibility index (Phi) is 7.17. The van der Waals surface area contributed by atoms with Crippen molar-refractivity contribution in [1.29, 1.82) is 0 Å². The number of nitrogens with zero attached hydrogens (tertiary/aromatic N) is 1. The lowest BCUT2D eigenvalue weighted by Crippen LogP contribution is -2.31. The van der Waals surface area contributed by atoms with Gasteiger partial charge >= 0.3 is 6.03 Å². The van der Waals surface area contributed by atoms with Crippen LogP contribution in [0.15, 0.2) is 42.5 Å². The summed E-state index contributed by atoms with van der Waals surface area (Å²) in [4.78, 5) is 38.4. The number of hydrogen-bond donors (Lipinski definition) is 2. The molecule has 1 heterocycles. The number of anilines is 2. The Hall–Kier alpha value is -3.06. The maximum Gasteiger partial charge on any atom is 0.329 e. The largest absolute Gasteiger partial charge is 0.492 e. The molecule has 2 N–H and O–H groups in total. The Morgan fingerprint density at radius 2 is 2.00 bits per heavy atom. The van der Waals surface area contributed by atoms with Crippen molar-refractivity contribution in [3.63, 3.8) is 0 Å². The van der Waals surface area contributed by atoms with Crippen molar-refractivity contribution in [2.45, 2.75) is 39.7 Å². The number of nitrogens with one attached hydrogen (secondary N) is 2. The highest BCUT2D eigenvalue weighted by molar-refractivity contribution is 6.32. The number of carbonyl (C=O) groups excluding carboxylic acids is 3. The fraction of sp³-hybridized carbons (Fsp3) is 0.348. The molecule has 2 aromatic carbocycles. The second kappa shape index (κ2) is 9.83. The van der Waals surface area contributed by atoms with Crippen LogP contribution in [0.5, 0.6) is 5.75 Å². The van der Waals surface area contributed by atoms with Gasteiger partial charge in [-0.1, -0.05) is 37.6 Å². The molecule has 4 amide bonds. The van der Waals surface area contributed by atoms with E-state index in [0.29, 0.717) is 34.7 Å². The maximum atomic E-state index is 12.7. The quantitative estimate of drug-likeness (QED) is 0.587. The Balaban J connectivity index is 1.54. The highest BCUT2D eigenvalue weighted by atomic mass is 35.5. The number of benzene rings is 2. The predicted octanol–water partition coefficient (Wildman–Crippen LogP) is 4.53. The van der Waals surface area contributed by atoms with Crippen molar-refractivity contribution >= 4 is 40.8 Å². The molecule has 1 aliphatic rings. The number of carbonyl (C=O) groups is 3. The normalized spacial score (nSPS) is 15.9. The standard InChI is InChI=1S/C23H26ClN3O4/c1-14(2)13-31-20-9-7-16(12-18(20)24)25-21(28)10-8-19-22(29)27(23(30)26-19)17-6-4-5-15(3)11-17/h4-7,9,11-12,14,19H,8,10,13H2,1-3H3,(H,25,28)(H,26,30). The van der Waals surface area contributed by atoms with E-state index in [1.54, 1.807) is 36.4 Å². The number of amides is 4. The first-order valence-corrected chi connectivity index (χ1v) is 10.6. The van der Waals surface area contributed by atoms with Crippen molar-refractivity contribution in [3.8, 4) is 5.75 Å². The second-order valence-corrected chi connectivity index (χ2v) is 8.36. The third kappa shape index (κ3) is 5.76. The SMILES string of the molecule is Cc1cccc(N2C(=O)NC(CCC(=O)Nc3ccc(OCC(C)C)c(Cl)c3)C2=O)c1. The number of hydrogen-bond acceptors (Lipinski definition) is 4. The first-order valence-electron chi connectivity index (χ1n) is 10.2. The average Bonchev–Trinajstić information content (AvgIpc) is 2.99. The number of ether oxygens (including phenoxy) is 1. The molecule has 0 bridgehead atoms. The van der Waals surface area contributed by atoms with Gasteiger partial charge in [-0.2, -0.15) is 0 Å². The molecule has 1 unspecified atom stereocenters. The smallest absolute Gasteiger partial charge is 0.329 e. The molecule has 164 valence electrons. The van der Waals surface area contributed by atoms with Gasteiger partial charge in [-0.05, 0) is 55.2 Å². The van der Waals surface area contributed by atoms with Crippen molar-refractivity contribution in [1.82, 2.24) is 5.32 Å². The zero-order valence-electron chi connectivity index (χ0n) is 17.8. The van der Waals surface area contributed by atoms with E-state index in [1.165, 1.54) is 0 Å². The average molecular weight is 444 g/mol. The monoisotopic (exact) mass is 443 g/mol. The molecule has 1 fully saturated rings. The highest BCUT2D eigenvalue weighted by Gasteiger charge is 2.38. The zero-order chi connectivity index (χ0) is 22.5. The molecule has 8 heteroatoms. The first kappa shape index (κ1) is 22.6. The van der Waals surface area contributed by atoms with Gasteiger partial charge in [0.25, 0.3) is 5.91 Å². The minimum atomic E-state index is -0.742. The minimum absolute atomic E-state index is 0.0710. The second-order valence-electron chi connectivity index (χ2n) is 7.95. The van der Waals surface area contributed by atoms with Gasteiger partial charge in [0, 0.05) is 12.1 Å². The molecule has 3 rings (SSSR count).